The van der Waals surface area contributed by atoms with E-state index in [-0.39, 0.29) is 17.8 Å². The zero-order valence-corrected chi connectivity index (χ0v) is 11.7. The van der Waals surface area contributed by atoms with Gasteiger partial charge in [0.1, 0.15) is 0 Å². The number of aliphatic carboxylic acids is 1. The van der Waals surface area contributed by atoms with Gasteiger partial charge < -0.3 is 5.11 Å². The normalized spacial score (nSPS) is 24.4. The molecule has 0 bridgehead atoms. The average Bonchev–Trinajstić information content (AvgIpc) is 2.83. The average molecular weight is 279 g/mol. The summed E-state index contributed by atoms with van der Waals surface area (Å²) in [7, 11) is 0. The predicted octanol–water partition coefficient (Wildman–Crippen LogP) is 4.19. The lowest BCUT2D eigenvalue weighted by molar-refractivity contribution is -0.138. The molecule has 0 radical (unpaired) electrons. The number of rotatable bonds is 2. The van der Waals surface area contributed by atoms with Gasteiger partial charge in [-0.2, -0.15) is 0 Å². The van der Waals surface area contributed by atoms with Gasteiger partial charge in [-0.1, -0.05) is 36.6 Å². The van der Waals surface area contributed by atoms with Crippen molar-refractivity contribution in [3.63, 3.8) is 0 Å². The molecule has 1 fully saturated rings. The topological polar surface area (TPSA) is 37.3 Å². The summed E-state index contributed by atoms with van der Waals surface area (Å²) in [6.45, 7) is 0. The molecule has 1 unspecified atom stereocenters. The van der Waals surface area contributed by atoms with Gasteiger partial charge in [0.05, 0.1) is 0 Å². The van der Waals surface area contributed by atoms with Crippen molar-refractivity contribution in [1.82, 2.24) is 0 Å². The molecule has 1 spiro atoms. The maximum atomic E-state index is 11.2. The van der Waals surface area contributed by atoms with Gasteiger partial charge in [-0.05, 0) is 48.8 Å². The van der Waals surface area contributed by atoms with E-state index in [1.165, 1.54) is 24.0 Å². The summed E-state index contributed by atoms with van der Waals surface area (Å²) >= 11 is 6.47. The van der Waals surface area contributed by atoms with Crippen molar-refractivity contribution in [3.05, 3.63) is 34.3 Å². The molecule has 19 heavy (non-hydrogen) atoms. The van der Waals surface area contributed by atoms with Crippen molar-refractivity contribution in [2.75, 3.05) is 0 Å². The molecule has 1 saturated carbocycles. The highest BCUT2D eigenvalue weighted by molar-refractivity contribution is 6.31. The number of carbonyl (C=O) groups is 1. The second-order valence-corrected chi connectivity index (χ2v) is 6.38. The van der Waals surface area contributed by atoms with Crippen LogP contribution in [0.1, 0.15) is 49.7 Å². The number of carboxylic acids is 1. The van der Waals surface area contributed by atoms with Crippen molar-refractivity contribution >= 4 is 17.6 Å². The molecule has 3 rings (SSSR count). The van der Waals surface area contributed by atoms with Crippen LogP contribution in [-0.4, -0.2) is 11.1 Å². The summed E-state index contributed by atoms with van der Waals surface area (Å²) in [6, 6.07) is 6.14. The Morgan fingerprint density at radius 3 is 2.79 bits per heavy atom. The lowest BCUT2D eigenvalue weighted by Crippen LogP contribution is -2.38. The Morgan fingerprint density at radius 2 is 2.11 bits per heavy atom. The van der Waals surface area contributed by atoms with Gasteiger partial charge in [-0.3, -0.25) is 4.79 Å². The number of aryl methyl sites for hydroxylation is 1. The monoisotopic (exact) mass is 278 g/mol. The fraction of sp³-hybridized carbons (Fsp3) is 0.562. The van der Waals surface area contributed by atoms with Gasteiger partial charge in [-0.15, -0.1) is 0 Å². The first-order valence-corrected chi connectivity index (χ1v) is 7.51. The van der Waals surface area contributed by atoms with Crippen LogP contribution < -0.4 is 0 Å². The van der Waals surface area contributed by atoms with Gasteiger partial charge in [0, 0.05) is 16.9 Å². The minimum atomic E-state index is -0.674. The van der Waals surface area contributed by atoms with Crippen LogP contribution in [0, 0.1) is 5.92 Å². The zero-order valence-electron chi connectivity index (χ0n) is 11.0. The molecule has 1 aromatic rings. The maximum Gasteiger partial charge on any atom is 0.303 e. The summed E-state index contributed by atoms with van der Waals surface area (Å²) in [6.07, 6.45) is 6.82. The van der Waals surface area contributed by atoms with Gasteiger partial charge in [0.25, 0.3) is 0 Å². The summed E-state index contributed by atoms with van der Waals surface area (Å²) in [5.41, 5.74) is 2.65. The molecule has 1 atom stereocenters. The molecule has 0 heterocycles. The van der Waals surface area contributed by atoms with Gasteiger partial charge in [0.2, 0.25) is 0 Å². The first-order chi connectivity index (χ1) is 9.13. The Labute approximate surface area is 118 Å². The molecule has 0 saturated heterocycles. The van der Waals surface area contributed by atoms with Crippen LogP contribution in [0.15, 0.2) is 18.2 Å². The van der Waals surface area contributed by atoms with E-state index < -0.39 is 5.97 Å². The lowest BCUT2D eigenvalue weighted by Gasteiger charge is -2.43. The molecular formula is C16H19ClO2. The van der Waals surface area contributed by atoms with E-state index in [1.54, 1.807) is 0 Å². The summed E-state index contributed by atoms with van der Waals surface area (Å²) in [5, 5.41) is 10.0. The van der Waals surface area contributed by atoms with E-state index in [9.17, 15) is 9.90 Å². The van der Waals surface area contributed by atoms with E-state index in [1.807, 2.05) is 12.1 Å². The Bertz CT molecular complexity index is 503. The number of hydrogen-bond acceptors (Lipinski definition) is 1. The van der Waals surface area contributed by atoms with E-state index in [2.05, 4.69) is 6.07 Å². The number of halogens is 1. The fourth-order valence-electron chi connectivity index (χ4n) is 4.32. The van der Waals surface area contributed by atoms with E-state index in [0.29, 0.717) is 0 Å². The van der Waals surface area contributed by atoms with Crippen molar-refractivity contribution in [3.8, 4) is 0 Å². The molecule has 0 amide bonds. The van der Waals surface area contributed by atoms with E-state index in [0.717, 1.165) is 30.7 Å². The van der Waals surface area contributed by atoms with Crippen molar-refractivity contribution in [2.45, 2.75) is 50.4 Å². The largest absolute Gasteiger partial charge is 0.481 e. The highest BCUT2D eigenvalue weighted by Crippen LogP contribution is 2.54. The second kappa shape index (κ2) is 4.82. The molecule has 1 N–H and O–H groups in total. The third kappa shape index (κ3) is 2.06. The van der Waals surface area contributed by atoms with Crippen molar-refractivity contribution < 1.29 is 9.90 Å². The van der Waals surface area contributed by atoms with Crippen LogP contribution in [0.4, 0.5) is 0 Å². The summed E-state index contributed by atoms with van der Waals surface area (Å²) < 4.78 is 0. The quantitative estimate of drug-likeness (QED) is 0.881. The molecule has 0 aromatic heterocycles. The number of carboxylic acid groups (broad SMARTS) is 1. The molecule has 102 valence electrons. The third-order valence-corrected chi connectivity index (χ3v) is 5.37. The Balaban J connectivity index is 2.09. The smallest absolute Gasteiger partial charge is 0.303 e. The van der Waals surface area contributed by atoms with Crippen LogP contribution in [-0.2, 0) is 16.6 Å². The SMILES string of the molecule is O=C(O)CC1CCc2cccc(Cl)c2C12CCCC2. The summed E-state index contributed by atoms with van der Waals surface area (Å²) in [4.78, 5) is 11.2. The lowest BCUT2D eigenvalue weighted by atomic mass is 9.61. The fourth-order valence-corrected chi connectivity index (χ4v) is 4.70. The second-order valence-electron chi connectivity index (χ2n) is 5.97. The number of benzene rings is 1. The Hall–Kier alpha value is -1.02. The first kappa shape index (κ1) is 13.0. The van der Waals surface area contributed by atoms with Gasteiger partial charge in [-0.25, -0.2) is 0 Å². The standard InChI is InChI=1S/C16H19ClO2/c17-13-5-3-4-11-6-7-12(10-14(18)19)16(15(11)13)8-1-2-9-16/h3-5,12H,1-2,6-10H2,(H,18,19). The van der Waals surface area contributed by atoms with Crippen LogP contribution in [0.3, 0.4) is 0 Å². The predicted molar refractivity (Wildman–Crippen MR) is 75.7 cm³/mol. The number of hydrogen-bond donors (Lipinski definition) is 1. The molecule has 0 aliphatic heterocycles. The van der Waals surface area contributed by atoms with Crippen LogP contribution >= 0.6 is 11.6 Å². The molecule has 1 aromatic carbocycles. The van der Waals surface area contributed by atoms with Crippen molar-refractivity contribution in [2.24, 2.45) is 5.92 Å². The zero-order chi connectivity index (χ0) is 13.5. The Morgan fingerprint density at radius 1 is 1.37 bits per heavy atom. The molecule has 2 aliphatic carbocycles. The highest BCUT2D eigenvalue weighted by atomic mass is 35.5. The molecular weight excluding hydrogens is 260 g/mol. The van der Waals surface area contributed by atoms with Crippen LogP contribution in [0.2, 0.25) is 5.02 Å². The highest BCUT2D eigenvalue weighted by Gasteiger charge is 2.47. The molecule has 2 aliphatic rings. The Kier molecular flexibility index (Phi) is 3.30. The minimum absolute atomic E-state index is 0.0321. The summed E-state index contributed by atoms with van der Waals surface area (Å²) in [5.74, 6) is -0.424. The third-order valence-electron chi connectivity index (χ3n) is 5.06. The van der Waals surface area contributed by atoms with Gasteiger partial charge >= 0.3 is 5.97 Å². The van der Waals surface area contributed by atoms with Crippen LogP contribution in [0.5, 0.6) is 0 Å². The molecule has 3 heteroatoms. The van der Waals surface area contributed by atoms with E-state index in [4.69, 9.17) is 11.6 Å². The first-order valence-electron chi connectivity index (χ1n) is 7.13. The number of fused-ring (bicyclic) bond motifs is 2. The molecule has 2 nitrogen and oxygen atoms in total. The maximum absolute atomic E-state index is 11.2. The van der Waals surface area contributed by atoms with Crippen molar-refractivity contribution in [1.29, 1.82) is 0 Å². The van der Waals surface area contributed by atoms with E-state index >= 15 is 0 Å². The minimum Gasteiger partial charge on any atom is -0.481 e. The van der Waals surface area contributed by atoms with Gasteiger partial charge in [0.15, 0.2) is 0 Å². The van der Waals surface area contributed by atoms with Crippen LogP contribution in [0.25, 0.3) is 0 Å².